The van der Waals surface area contributed by atoms with Crippen LogP contribution in [0.4, 0.5) is 0 Å². The molecule has 0 radical (unpaired) electrons. The zero-order chi connectivity index (χ0) is 21.2. The van der Waals surface area contributed by atoms with Crippen LogP contribution in [0, 0.1) is 0 Å². The molecule has 2 atom stereocenters. The van der Waals surface area contributed by atoms with Crippen LogP contribution in [-0.2, 0) is 26.2 Å². The first-order valence-electron chi connectivity index (χ1n) is 9.81. The molecule has 2 aromatic rings. The molecular formula is C21H24N2O6S. The standard InChI is InChI=1S/C21H24N2O6S/c24-20(22-25)21(12-17-6-7-18(13-21)29-17)23-30(26,27)19-10-8-16(9-11-19)28-14-15-4-2-1-3-5-15/h1-5,8-11,17-18,23,25H,6-7,12-14H2,(H,22,24). The summed E-state index contributed by atoms with van der Waals surface area (Å²) in [7, 11) is -4.01. The Labute approximate surface area is 175 Å². The third kappa shape index (κ3) is 4.34. The van der Waals surface area contributed by atoms with E-state index >= 15 is 0 Å². The van der Waals surface area contributed by atoms with Gasteiger partial charge in [-0.25, -0.2) is 13.9 Å². The number of sulfonamides is 1. The largest absolute Gasteiger partial charge is 0.489 e. The average molecular weight is 432 g/mol. The molecule has 2 aliphatic heterocycles. The molecule has 2 heterocycles. The molecule has 0 spiro atoms. The van der Waals surface area contributed by atoms with E-state index in [0.29, 0.717) is 12.4 Å². The Morgan fingerprint density at radius 2 is 1.70 bits per heavy atom. The molecule has 160 valence electrons. The summed E-state index contributed by atoms with van der Waals surface area (Å²) in [5.74, 6) is -0.237. The summed E-state index contributed by atoms with van der Waals surface area (Å²) in [5, 5.41) is 9.21. The van der Waals surface area contributed by atoms with Gasteiger partial charge in [0, 0.05) is 12.8 Å². The fraction of sp³-hybridized carbons (Fsp3) is 0.381. The van der Waals surface area contributed by atoms with Crippen LogP contribution in [0.3, 0.4) is 0 Å². The lowest BCUT2D eigenvalue weighted by Gasteiger charge is -2.38. The number of hydroxylamine groups is 1. The second-order valence-corrected chi connectivity index (χ2v) is 9.42. The van der Waals surface area contributed by atoms with Crippen LogP contribution in [0.15, 0.2) is 59.5 Å². The van der Waals surface area contributed by atoms with Gasteiger partial charge in [0.2, 0.25) is 10.0 Å². The molecule has 8 nitrogen and oxygen atoms in total. The van der Waals surface area contributed by atoms with Crippen molar-refractivity contribution in [3.63, 3.8) is 0 Å². The topological polar surface area (TPSA) is 114 Å². The average Bonchev–Trinajstić information content (AvgIpc) is 3.11. The third-order valence-corrected chi connectivity index (χ3v) is 7.15. The van der Waals surface area contributed by atoms with Crippen molar-refractivity contribution in [2.24, 2.45) is 0 Å². The van der Waals surface area contributed by atoms with Gasteiger partial charge in [-0.3, -0.25) is 10.0 Å². The fourth-order valence-corrected chi connectivity index (χ4v) is 5.52. The van der Waals surface area contributed by atoms with Crippen LogP contribution < -0.4 is 14.9 Å². The first kappa shape index (κ1) is 20.8. The monoisotopic (exact) mass is 432 g/mol. The number of fused-ring (bicyclic) bond motifs is 2. The molecular weight excluding hydrogens is 408 g/mol. The van der Waals surface area contributed by atoms with Crippen LogP contribution in [-0.4, -0.2) is 37.3 Å². The van der Waals surface area contributed by atoms with E-state index < -0.39 is 21.5 Å². The van der Waals surface area contributed by atoms with E-state index in [4.69, 9.17) is 9.47 Å². The van der Waals surface area contributed by atoms with Gasteiger partial charge in [-0.05, 0) is 42.7 Å². The number of nitrogens with one attached hydrogen (secondary N) is 2. The van der Waals surface area contributed by atoms with E-state index in [1.807, 2.05) is 30.3 Å². The van der Waals surface area contributed by atoms with E-state index in [1.165, 1.54) is 12.1 Å². The van der Waals surface area contributed by atoms with Crippen molar-refractivity contribution in [2.45, 2.75) is 54.9 Å². The minimum Gasteiger partial charge on any atom is -0.489 e. The van der Waals surface area contributed by atoms with Gasteiger partial charge >= 0.3 is 0 Å². The smallest absolute Gasteiger partial charge is 0.264 e. The molecule has 2 saturated heterocycles. The number of hydrogen-bond acceptors (Lipinski definition) is 6. The summed E-state index contributed by atoms with van der Waals surface area (Å²) in [4.78, 5) is 12.4. The van der Waals surface area contributed by atoms with E-state index in [1.54, 1.807) is 17.6 Å². The number of rotatable bonds is 7. The maximum Gasteiger partial charge on any atom is 0.264 e. The quantitative estimate of drug-likeness (QED) is 0.456. The molecule has 2 fully saturated rings. The summed E-state index contributed by atoms with van der Waals surface area (Å²) in [6.45, 7) is 0.369. The van der Waals surface area contributed by atoms with E-state index in [-0.39, 0.29) is 29.9 Å². The number of benzene rings is 2. The molecule has 30 heavy (non-hydrogen) atoms. The lowest BCUT2D eigenvalue weighted by molar-refractivity contribution is -0.142. The van der Waals surface area contributed by atoms with Crippen LogP contribution in [0.5, 0.6) is 5.75 Å². The second-order valence-electron chi connectivity index (χ2n) is 7.74. The highest BCUT2D eigenvalue weighted by Crippen LogP contribution is 2.39. The molecule has 2 bridgehead atoms. The van der Waals surface area contributed by atoms with Crippen molar-refractivity contribution in [3.8, 4) is 5.75 Å². The third-order valence-electron chi connectivity index (χ3n) is 5.60. The zero-order valence-corrected chi connectivity index (χ0v) is 17.1. The fourth-order valence-electron chi connectivity index (χ4n) is 4.14. The Morgan fingerprint density at radius 3 is 2.30 bits per heavy atom. The molecule has 0 aliphatic carbocycles. The van der Waals surface area contributed by atoms with Crippen LogP contribution in [0.25, 0.3) is 0 Å². The molecule has 0 aromatic heterocycles. The van der Waals surface area contributed by atoms with Gasteiger partial charge in [-0.2, -0.15) is 4.72 Å². The molecule has 2 unspecified atom stereocenters. The van der Waals surface area contributed by atoms with Gasteiger partial charge in [0.25, 0.3) is 5.91 Å². The predicted molar refractivity (Wildman–Crippen MR) is 107 cm³/mol. The van der Waals surface area contributed by atoms with E-state index in [2.05, 4.69) is 4.72 Å². The maximum absolute atomic E-state index is 13.0. The lowest BCUT2D eigenvalue weighted by Crippen LogP contribution is -2.62. The van der Waals surface area contributed by atoms with E-state index in [0.717, 1.165) is 18.4 Å². The van der Waals surface area contributed by atoms with Gasteiger partial charge < -0.3 is 9.47 Å². The molecule has 1 amide bonds. The highest BCUT2D eigenvalue weighted by atomic mass is 32.2. The van der Waals surface area contributed by atoms with E-state index in [9.17, 15) is 18.4 Å². The maximum atomic E-state index is 13.0. The van der Waals surface area contributed by atoms with Gasteiger partial charge in [-0.15, -0.1) is 0 Å². The molecule has 3 N–H and O–H groups in total. The lowest BCUT2D eigenvalue weighted by atomic mass is 9.87. The normalized spacial score (nSPS) is 25.6. The van der Waals surface area contributed by atoms with Crippen molar-refractivity contribution >= 4 is 15.9 Å². The number of hydrogen-bond donors (Lipinski definition) is 3. The molecule has 9 heteroatoms. The Balaban J connectivity index is 1.49. The van der Waals surface area contributed by atoms with Crippen LogP contribution >= 0.6 is 0 Å². The zero-order valence-electron chi connectivity index (χ0n) is 16.3. The van der Waals surface area contributed by atoms with Gasteiger partial charge in [0.1, 0.15) is 17.9 Å². The Morgan fingerprint density at radius 1 is 1.07 bits per heavy atom. The number of carbonyl (C=O) groups is 1. The van der Waals surface area contributed by atoms with Crippen LogP contribution in [0.1, 0.15) is 31.2 Å². The Hall–Kier alpha value is -2.46. The summed E-state index contributed by atoms with van der Waals surface area (Å²) >= 11 is 0. The van der Waals surface area contributed by atoms with Gasteiger partial charge in [0.15, 0.2) is 0 Å². The summed E-state index contributed by atoms with van der Waals surface area (Å²) in [5.41, 5.74) is 1.18. The van der Waals surface area contributed by atoms with Crippen molar-refractivity contribution < 1.29 is 27.9 Å². The molecule has 0 saturated carbocycles. The highest BCUT2D eigenvalue weighted by molar-refractivity contribution is 7.89. The first-order chi connectivity index (χ1) is 14.4. The minimum atomic E-state index is -4.01. The van der Waals surface area contributed by atoms with Gasteiger partial charge in [-0.1, -0.05) is 30.3 Å². The summed E-state index contributed by atoms with van der Waals surface area (Å²) < 4.78 is 40.0. The molecule has 4 rings (SSSR count). The van der Waals surface area contributed by atoms with Crippen molar-refractivity contribution in [1.29, 1.82) is 0 Å². The SMILES string of the molecule is O=C(NO)C1(NS(=O)(=O)c2ccc(OCc3ccccc3)cc2)CC2CCC(C1)O2. The predicted octanol–water partition coefficient (Wildman–Crippen LogP) is 2.13. The summed E-state index contributed by atoms with van der Waals surface area (Å²) in [6, 6.07) is 15.6. The Kier molecular flexibility index (Phi) is 5.79. The molecule has 2 aliphatic rings. The number of ether oxygens (including phenoxy) is 2. The number of carbonyl (C=O) groups excluding carboxylic acids is 1. The van der Waals surface area contributed by atoms with Crippen molar-refractivity contribution in [1.82, 2.24) is 10.2 Å². The molecule has 2 aromatic carbocycles. The van der Waals surface area contributed by atoms with Gasteiger partial charge in [0.05, 0.1) is 17.1 Å². The highest BCUT2D eigenvalue weighted by Gasteiger charge is 2.51. The first-order valence-corrected chi connectivity index (χ1v) is 11.3. The Bertz CT molecular complexity index is 982. The minimum absolute atomic E-state index is 0.0125. The summed E-state index contributed by atoms with van der Waals surface area (Å²) in [6.07, 6.45) is 1.46. The van der Waals surface area contributed by atoms with Crippen molar-refractivity contribution in [2.75, 3.05) is 0 Å². The van der Waals surface area contributed by atoms with Crippen molar-refractivity contribution in [3.05, 3.63) is 60.2 Å². The van der Waals surface area contributed by atoms with Crippen LogP contribution in [0.2, 0.25) is 0 Å². The second kappa shape index (κ2) is 8.35. The number of amides is 1.